The predicted molar refractivity (Wildman–Crippen MR) is 118 cm³/mol. The third-order valence-corrected chi connectivity index (χ3v) is 4.72. The fraction of sp³-hybridized carbons (Fsp3) is 0.458. The Bertz CT molecular complexity index is 664. The summed E-state index contributed by atoms with van der Waals surface area (Å²) >= 11 is 0. The van der Waals surface area contributed by atoms with Gasteiger partial charge in [0.2, 0.25) is 0 Å². The number of hydrogen-bond acceptors (Lipinski definition) is 3. The highest BCUT2D eigenvalue weighted by atomic mass is 15.0. The van der Waals surface area contributed by atoms with Gasteiger partial charge in [0.1, 0.15) is 5.82 Å². The molecule has 3 nitrogen and oxygen atoms in total. The monoisotopic (exact) mass is 365 g/mol. The van der Waals surface area contributed by atoms with Crippen LogP contribution in [0.15, 0.2) is 55.2 Å². The van der Waals surface area contributed by atoms with Gasteiger partial charge in [-0.05, 0) is 49.3 Å². The summed E-state index contributed by atoms with van der Waals surface area (Å²) in [5.74, 6) is 1.62. The van der Waals surface area contributed by atoms with Crippen molar-refractivity contribution in [3.8, 4) is 0 Å². The van der Waals surface area contributed by atoms with Gasteiger partial charge in [0, 0.05) is 30.5 Å². The van der Waals surface area contributed by atoms with Gasteiger partial charge < -0.3 is 10.6 Å². The van der Waals surface area contributed by atoms with Crippen molar-refractivity contribution in [1.82, 2.24) is 10.3 Å². The van der Waals surface area contributed by atoms with Crippen LogP contribution >= 0.6 is 0 Å². The van der Waals surface area contributed by atoms with Crippen molar-refractivity contribution in [3.63, 3.8) is 0 Å². The Labute approximate surface area is 165 Å². The van der Waals surface area contributed by atoms with E-state index in [1.807, 2.05) is 12.3 Å². The van der Waals surface area contributed by atoms with Crippen LogP contribution in [0.25, 0.3) is 5.70 Å². The second kappa shape index (κ2) is 12.2. The summed E-state index contributed by atoms with van der Waals surface area (Å²) in [5.41, 5.74) is 3.47. The molecule has 2 N–H and O–H groups in total. The van der Waals surface area contributed by atoms with E-state index in [1.165, 1.54) is 37.7 Å². The van der Waals surface area contributed by atoms with Crippen LogP contribution < -0.4 is 10.6 Å². The first kappa shape index (κ1) is 21.0. The molecule has 27 heavy (non-hydrogen) atoms. The van der Waals surface area contributed by atoms with Crippen LogP contribution in [0.1, 0.15) is 57.1 Å². The zero-order valence-corrected chi connectivity index (χ0v) is 17.0. The highest BCUT2D eigenvalue weighted by Gasteiger charge is 2.06. The Morgan fingerprint density at radius 1 is 0.963 bits per heavy atom. The normalized spacial score (nSPS) is 10.8. The molecule has 2 rings (SSSR count). The third kappa shape index (κ3) is 8.29. The first-order valence-electron chi connectivity index (χ1n) is 10.3. The van der Waals surface area contributed by atoms with Crippen molar-refractivity contribution < 1.29 is 0 Å². The van der Waals surface area contributed by atoms with Crippen LogP contribution in [0.2, 0.25) is 0 Å². The van der Waals surface area contributed by atoms with E-state index in [2.05, 4.69) is 72.4 Å². The van der Waals surface area contributed by atoms with E-state index in [1.54, 1.807) is 0 Å². The Balaban J connectivity index is 1.64. The van der Waals surface area contributed by atoms with Gasteiger partial charge in [0.25, 0.3) is 0 Å². The molecule has 3 heteroatoms. The minimum atomic E-state index is 0.688. The van der Waals surface area contributed by atoms with Gasteiger partial charge in [-0.2, -0.15) is 0 Å². The van der Waals surface area contributed by atoms with Crippen molar-refractivity contribution in [2.45, 2.75) is 52.4 Å². The molecular formula is C24H35N3. The number of benzene rings is 1. The second-order valence-electron chi connectivity index (χ2n) is 7.56. The number of hydrogen-bond donors (Lipinski definition) is 2. The maximum atomic E-state index is 4.48. The molecule has 0 atom stereocenters. The zero-order valence-electron chi connectivity index (χ0n) is 17.0. The SMILES string of the molecule is C=C(NCCCCCCc1ccccc1)c1cccnc1NCCC(C)C. The molecule has 1 heterocycles. The molecule has 1 aromatic carbocycles. The van der Waals surface area contributed by atoms with E-state index in [4.69, 9.17) is 0 Å². The predicted octanol–water partition coefficient (Wildman–Crippen LogP) is 5.90. The lowest BCUT2D eigenvalue weighted by Gasteiger charge is -2.15. The maximum absolute atomic E-state index is 4.48. The quantitative estimate of drug-likeness (QED) is 0.434. The third-order valence-electron chi connectivity index (χ3n) is 4.72. The first-order valence-corrected chi connectivity index (χ1v) is 10.3. The van der Waals surface area contributed by atoms with Crippen molar-refractivity contribution in [2.75, 3.05) is 18.4 Å². The fourth-order valence-corrected chi connectivity index (χ4v) is 3.06. The molecule has 0 amide bonds. The van der Waals surface area contributed by atoms with Gasteiger partial charge in [0.05, 0.1) is 0 Å². The standard InChI is InChI=1S/C24H35N3/c1-20(2)16-19-27-24-23(15-11-18-26-24)21(3)25-17-10-5-4-7-12-22-13-8-6-9-14-22/h6,8-9,11,13-15,18,20,25H,3-5,7,10,12,16-17,19H2,1-2H3,(H,26,27). The second-order valence-corrected chi connectivity index (χ2v) is 7.56. The molecule has 0 aliphatic carbocycles. The van der Waals surface area contributed by atoms with Crippen LogP contribution in [-0.4, -0.2) is 18.1 Å². The number of aryl methyl sites for hydroxylation is 1. The summed E-state index contributed by atoms with van der Waals surface area (Å²) in [6.45, 7) is 10.6. The highest BCUT2D eigenvalue weighted by molar-refractivity contribution is 5.71. The van der Waals surface area contributed by atoms with Crippen LogP contribution in [0.4, 0.5) is 5.82 Å². The number of aromatic nitrogens is 1. The van der Waals surface area contributed by atoms with Crippen molar-refractivity contribution in [3.05, 3.63) is 66.4 Å². The van der Waals surface area contributed by atoms with Gasteiger partial charge in [-0.1, -0.05) is 63.6 Å². The summed E-state index contributed by atoms with van der Waals surface area (Å²) in [5, 5.41) is 6.92. The number of unbranched alkanes of at least 4 members (excludes halogenated alkanes) is 3. The molecule has 0 unspecified atom stereocenters. The zero-order chi connectivity index (χ0) is 19.3. The molecule has 0 bridgehead atoms. The Morgan fingerprint density at radius 2 is 1.74 bits per heavy atom. The fourth-order valence-electron chi connectivity index (χ4n) is 3.06. The number of rotatable bonds is 13. The van der Waals surface area contributed by atoms with E-state index < -0.39 is 0 Å². The molecule has 1 aromatic heterocycles. The minimum Gasteiger partial charge on any atom is -0.385 e. The van der Waals surface area contributed by atoms with Crippen molar-refractivity contribution in [2.24, 2.45) is 5.92 Å². The summed E-state index contributed by atoms with van der Waals surface area (Å²) < 4.78 is 0. The first-order chi connectivity index (χ1) is 13.2. The average Bonchev–Trinajstić information content (AvgIpc) is 2.68. The maximum Gasteiger partial charge on any atom is 0.135 e. The van der Waals surface area contributed by atoms with Gasteiger partial charge in [-0.15, -0.1) is 0 Å². The summed E-state index contributed by atoms with van der Waals surface area (Å²) in [6.07, 6.45) is 9.11. The molecule has 146 valence electrons. The van der Waals surface area contributed by atoms with E-state index in [-0.39, 0.29) is 0 Å². The number of nitrogens with one attached hydrogen (secondary N) is 2. The molecule has 2 aromatic rings. The number of pyridine rings is 1. The van der Waals surface area contributed by atoms with Crippen LogP contribution in [0.3, 0.4) is 0 Å². The van der Waals surface area contributed by atoms with Crippen LogP contribution in [0.5, 0.6) is 0 Å². The lowest BCUT2D eigenvalue weighted by atomic mass is 10.1. The summed E-state index contributed by atoms with van der Waals surface area (Å²) in [6, 6.07) is 14.8. The summed E-state index contributed by atoms with van der Waals surface area (Å²) in [4.78, 5) is 4.48. The topological polar surface area (TPSA) is 37.0 Å². The van der Waals surface area contributed by atoms with E-state index >= 15 is 0 Å². The van der Waals surface area contributed by atoms with Crippen LogP contribution in [0, 0.1) is 5.92 Å². The van der Waals surface area contributed by atoms with Crippen LogP contribution in [-0.2, 0) is 6.42 Å². The minimum absolute atomic E-state index is 0.688. The molecule has 0 fully saturated rings. The number of nitrogens with zero attached hydrogens (tertiary/aromatic N) is 1. The average molecular weight is 366 g/mol. The van der Waals surface area contributed by atoms with Gasteiger partial charge in [-0.3, -0.25) is 0 Å². The van der Waals surface area contributed by atoms with E-state index in [0.717, 1.165) is 36.6 Å². The van der Waals surface area contributed by atoms with Crippen molar-refractivity contribution in [1.29, 1.82) is 0 Å². The molecular weight excluding hydrogens is 330 g/mol. The van der Waals surface area contributed by atoms with Gasteiger partial charge >= 0.3 is 0 Å². The highest BCUT2D eigenvalue weighted by Crippen LogP contribution is 2.18. The summed E-state index contributed by atoms with van der Waals surface area (Å²) in [7, 11) is 0. The Kier molecular flexibility index (Phi) is 9.47. The lowest BCUT2D eigenvalue weighted by Crippen LogP contribution is -2.15. The van der Waals surface area contributed by atoms with E-state index in [0.29, 0.717) is 5.92 Å². The van der Waals surface area contributed by atoms with E-state index in [9.17, 15) is 0 Å². The molecule has 0 saturated carbocycles. The largest absolute Gasteiger partial charge is 0.385 e. The Morgan fingerprint density at radius 3 is 2.52 bits per heavy atom. The molecule has 0 radical (unpaired) electrons. The number of anilines is 1. The lowest BCUT2D eigenvalue weighted by molar-refractivity contribution is 0.606. The molecule has 0 aliphatic heterocycles. The molecule has 0 aliphatic rings. The van der Waals surface area contributed by atoms with Crippen molar-refractivity contribution >= 4 is 11.5 Å². The van der Waals surface area contributed by atoms with Gasteiger partial charge in [-0.25, -0.2) is 4.98 Å². The van der Waals surface area contributed by atoms with Gasteiger partial charge in [0.15, 0.2) is 0 Å². The Hall–Kier alpha value is -2.29. The molecule has 0 saturated heterocycles. The smallest absolute Gasteiger partial charge is 0.135 e. The molecule has 0 spiro atoms.